The van der Waals surface area contributed by atoms with E-state index in [1.807, 2.05) is 11.8 Å². The Morgan fingerprint density at radius 3 is 3.00 bits per heavy atom. The second-order valence-corrected chi connectivity index (χ2v) is 6.53. The van der Waals surface area contributed by atoms with Crippen molar-refractivity contribution in [3.63, 3.8) is 0 Å². The maximum atomic E-state index is 12.7. The van der Waals surface area contributed by atoms with Crippen molar-refractivity contribution in [2.45, 2.75) is 39.3 Å². The molecular weight excluding hydrogens is 298 g/mol. The van der Waals surface area contributed by atoms with E-state index in [4.69, 9.17) is 0 Å². The van der Waals surface area contributed by atoms with Gasteiger partial charge in [-0.1, -0.05) is 6.92 Å². The molecule has 0 aromatic carbocycles. The van der Waals surface area contributed by atoms with Crippen LogP contribution in [-0.4, -0.2) is 27.1 Å². The van der Waals surface area contributed by atoms with Gasteiger partial charge >= 0.3 is 0 Å². The van der Waals surface area contributed by atoms with E-state index in [2.05, 4.69) is 23.5 Å². The van der Waals surface area contributed by atoms with Crippen LogP contribution in [0.25, 0.3) is 0 Å². The topological polar surface area (TPSA) is 55.2 Å². The highest BCUT2D eigenvalue weighted by Gasteiger charge is 2.30. The molecule has 2 aromatic rings. The smallest absolute Gasteiger partial charge is 0.267 e. The number of amides is 1. The Balaban J connectivity index is 1.83. The largest absolute Gasteiger partial charge is 0.334 e. The molecule has 0 spiro atoms. The highest BCUT2D eigenvalue weighted by Crippen LogP contribution is 2.35. The summed E-state index contributed by atoms with van der Waals surface area (Å²) < 4.78 is 1.26. The van der Waals surface area contributed by atoms with E-state index in [-0.39, 0.29) is 24.1 Å². The molecule has 0 bridgehead atoms. The first-order chi connectivity index (χ1) is 10.6. The van der Waals surface area contributed by atoms with Crippen molar-refractivity contribution in [1.29, 1.82) is 0 Å². The Labute approximate surface area is 133 Å². The van der Waals surface area contributed by atoms with Gasteiger partial charge in [0.1, 0.15) is 6.54 Å². The summed E-state index contributed by atoms with van der Waals surface area (Å²) in [6, 6.07) is 5.35. The average molecular weight is 317 g/mol. The zero-order chi connectivity index (χ0) is 15.7. The number of hydrogen-bond acceptors (Lipinski definition) is 4. The van der Waals surface area contributed by atoms with Crippen molar-refractivity contribution in [2.75, 3.05) is 6.54 Å². The Morgan fingerprint density at radius 2 is 2.23 bits per heavy atom. The van der Waals surface area contributed by atoms with Crippen molar-refractivity contribution in [1.82, 2.24) is 14.7 Å². The van der Waals surface area contributed by atoms with E-state index in [9.17, 15) is 9.59 Å². The summed E-state index contributed by atoms with van der Waals surface area (Å²) in [5.74, 6) is -0.0381. The maximum Gasteiger partial charge on any atom is 0.267 e. The lowest BCUT2D eigenvalue weighted by Crippen LogP contribution is -2.42. The van der Waals surface area contributed by atoms with Gasteiger partial charge in [0.25, 0.3) is 5.56 Å². The number of carbonyl (C=O) groups is 1. The van der Waals surface area contributed by atoms with Crippen molar-refractivity contribution < 1.29 is 4.79 Å². The van der Waals surface area contributed by atoms with Crippen LogP contribution >= 0.6 is 11.3 Å². The van der Waals surface area contributed by atoms with Gasteiger partial charge in [-0.05, 0) is 42.8 Å². The molecule has 0 N–H and O–H groups in total. The Bertz CT molecular complexity index is 750. The lowest BCUT2D eigenvalue weighted by atomic mass is 9.98. The zero-order valence-electron chi connectivity index (χ0n) is 12.8. The van der Waals surface area contributed by atoms with Crippen LogP contribution in [0.15, 0.2) is 28.4 Å². The van der Waals surface area contributed by atoms with E-state index in [0.717, 1.165) is 18.5 Å². The van der Waals surface area contributed by atoms with Crippen molar-refractivity contribution >= 4 is 17.2 Å². The minimum atomic E-state index is -0.236. The summed E-state index contributed by atoms with van der Waals surface area (Å²) in [6.07, 6.45) is 1.77. The standard InChI is InChI=1S/C16H19N3O2S/c1-3-13-12-7-9-22-14(12)6-8-18(13)16(21)10-19-15(20)5-4-11(2)17-19/h4-5,7,9,13H,3,6,8,10H2,1-2H3. The maximum absolute atomic E-state index is 12.7. The molecule has 2 aromatic heterocycles. The highest BCUT2D eigenvalue weighted by atomic mass is 32.1. The van der Waals surface area contributed by atoms with E-state index < -0.39 is 0 Å². The number of rotatable bonds is 3. The minimum Gasteiger partial charge on any atom is -0.334 e. The fraction of sp³-hybridized carbons (Fsp3) is 0.438. The van der Waals surface area contributed by atoms with Gasteiger partial charge in [0, 0.05) is 17.5 Å². The van der Waals surface area contributed by atoms with Gasteiger partial charge in [-0.15, -0.1) is 11.3 Å². The molecule has 0 radical (unpaired) electrons. The summed E-state index contributed by atoms with van der Waals surface area (Å²) in [6.45, 7) is 4.63. The third-order valence-electron chi connectivity index (χ3n) is 4.09. The normalized spacial score (nSPS) is 17.4. The zero-order valence-corrected chi connectivity index (χ0v) is 13.6. The highest BCUT2D eigenvalue weighted by molar-refractivity contribution is 7.10. The number of thiophene rings is 1. The molecule has 3 heterocycles. The Kier molecular flexibility index (Phi) is 4.11. The third-order valence-corrected chi connectivity index (χ3v) is 5.08. The molecule has 1 unspecified atom stereocenters. The fourth-order valence-corrected chi connectivity index (χ4v) is 3.95. The van der Waals surface area contributed by atoms with Crippen LogP contribution in [0.5, 0.6) is 0 Å². The van der Waals surface area contributed by atoms with Crippen LogP contribution in [-0.2, 0) is 17.8 Å². The molecule has 1 aliphatic rings. The molecule has 0 aliphatic carbocycles. The van der Waals surface area contributed by atoms with E-state index in [0.29, 0.717) is 6.54 Å². The number of nitrogens with zero attached hydrogens (tertiary/aromatic N) is 3. The van der Waals surface area contributed by atoms with Crippen molar-refractivity contribution in [2.24, 2.45) is 0 Å². The molecule has 0 saturated carbocycles. The van der Waals surface area contributed by atoms with Crippen molar-refractivity contribution in [3.8, 4) is 0 Å². The van der Waals surface area contributed by atoms with Gasteiger partial charge in [0.2, 0.25) is 5.91 Å². The quantitative estimate of drug-likeness (QED) is 0.871. The van der Waals surface area contributed by atoms with E-state index in [1.54, 1.807) is 17.4 Å². The molecular formula is C16H19N3O2S. The monoisotopic (exact) mass is 317 g/mol. The van der Waals surface area contributed by atoms with Crippen molar-refractivity contribution in [3.05, 3.63) is 50.1 Å². The van der Waals surface area contributed by atoms with E-state index in [1.165, 1.54) is 21.2 Å². The van der Waals surface area contributed by atoms with Gasteiger partial charge in [0.15, 0.2) is 0 Å². The number of aryl methyl sites for hydroxylation is 1. The third kappa shape index (κ3) is 2.70. The second kappa shape index (κ2) is 6.04. The first-order valence-electron chi connectivity index (χ1n) is 7.50. The van der Waals surface area contributed by atoms with E-state index >= 15 is 0 Å². The van der Waals surface area contributed by atoms with Crippen LogP contribution in [0.4, 0.5) is 0 Å². The predicted molar refractivity (Wildman–Crippen MR) is 86.0 cm³/mol. The molecule has 1 amide bonds. The second-order valence-electron chi connectivity index (χ2n) is 5.53. The Morgan fingerprint density at radius 1 is 1.41 bits per heavy atom. The first-order valence-corrected chi connectivity index (χ1v) is 8.38. The minimum absolute atomic E-state index is 0.0104. The molecule has 3 rings (SSSR count). The molecule has 22 heavy (non-hydrogen) atoms. The number of hydrogen-bond donors (Lipinski definition) is 0. The van der Waals surface area contributed by atoms with Crippen LogP contribution in [0.3, 0.4) is 0 Å². The van der Waals surface area contributed by atoms with Crippen LogP contribution < -0.4 is 5.56 Å². The molecule has 1 aliphatic heterocycles. The van der Waals surface area contributed by atoms with Crippen LogP contribution in [0.2, 0.25) is 0 Å². The van der Waals surface area contributed by atoms with Crippen LogP contribution in [0.1, 0.15) is 35.5 Å². The number of aromatic nitrogens is 2. The molecule has 0 fully saturated rings. The number of fused-ring (bicyclic) bond motifs is 1. The lowest BCUT2D eigenvalue weighted by Gasteiger charge is -2.35. The van der Waals surface area contributed by atoms with Gasteiger partial charge in [-0.25, -0.2) is 4.68 Å². The molecule has 5 nitrogen and oxygen atoms in total. The summed E-state index contributed by atoms with van der Waals surface area (Å²) in [5.41, 5.74) is 1.76. The summed E-state index contributed by atoms with van der Waals surface area (Å²) in [5, 5.41) is 6.24. The van der Waals surface area contributed by atoms with Gasteiger partial charge in [-0.2, -0.15) is 5.10 Å². The molecule has 116 valence electrons. The number of carbonyl (C=O) groups excluding carboxylic acids is 1. The van der Waals surface area contributed by atoms with Gasteiger partial charge in [0.05, 0.1) is 11.7 Å². The van der Waals surface area contributed by atoms with Gasteiger partial charge in [-0.3, -0.25) is 9.59 Å². The van der Waals surface area contributed by atoms with Crippen LogP contribution in [0, 0.1) is 6.92 Å². The first kappa shape index (κ1) is 15.0. The SMILES string of the molecule is CCC1c2ccsc2CCN1C(=O)Cn1nc(C)ccc1=O. The molecule has 6 heteroatoms. The Hall–Kier alpha value is -1.95. The summed E-state index contributed by atoms with van der Waals surface area (Å²) in [4.78, 5) is 27.8. The fourth-order valence-electron chi connectivity index (χ4n) is 3.02. The average Bonchev–Trinajstić information content (AvgIpc) is 2.98. The predicted octanol–water partition coefficient (Wildman–Crippen LogP) is 2.15. The molecule has 0 saturated heterocycles. The molecule has 1 atom stereocenters. The summed E-state index contributed by atoms with van der Waals surface area (Å²) >= 11 is 1.76. The van der Waals surface area contributed by atoms with Gasteiger partial charge < -0.3 is 4.90 Å². The summed E-state index contributed by atoms with van der Waals surface area (Å²) in [7, 11) is 0. The lowest BCUT2D eigenvalue weighted by molar-refractivity contribution is -0.135.